The molecule has 0 heterocycles. The summed E-state index contributed by atoms with van der Waals surface area (Å²) in [6.07, 6.45) is 0. The summed E-state index contributed by atoms with van der Waals surface area (Å²) in [4.78, 5) is 1.82. The smallest absolute Gasteiger partial charge is 0.197 e. The van der Waals surface area contributed by atoms with Crippen LogP contribution in [0.1, 0.15) is 0 Å². The maximum absolute atomic E-state index is 12.6. The third kappa shape index (κ3) is 5.09. The first kappa shape index (κ1) is 15.3. The van der Waals surface area contributed by atoms with E-state index < -0.39 is 5.55 Å². The normalized spacial score (nSPS) is 11.5. The van der Waals surface area contributed by atoms with E-state index in [9.17, 15) is 4.57 Å². The molecular formula is C13H11Cl2OPS2. The van der Waals surface area contributed by atoms with Crippen LogP contribution >= 0.6 is 51.5 Å². The van der Waals surface area contributed by atoms with E-state index in [0.717, 1.165) is 9.79 Å². The van der Waals surface area contributed by atoms with Crippen molar-refractivity contribution >= 4 is 51.5 Å². The Kier molecular flexibility index (Phi) is 5.33. The molecule has 0 N–H and O–H groups in total. The third-order valence-corrected chi connectivity index (χ3v) is 8.79. The molecule has 0 amide bonds. The van der Waals surface area contributed by atoms with Crippen LogP contribution in [0.5, 0.6) is 0 Å². The molecule has 1 nitrogen and oxygen atoms in total. The van der Waals surface area contributed by atoms with E-state index in [1.165, 1.54) is 22.8 Å². The van der Waals surface area contributed by atoms with Gasteiger partial charge in [0.05, 0.1) is 0 Å². The Hall–Kier alpha value is -0.0500. The first-order valence-corrected chi connectivity index (χ1v) is 11.2. The highest BCUT2D eigenvalue weighted by Crippen LogP contribution is 2.70. The molecule has 0 saturated heterocycles. The number of hydrogen-bond donors (Lipinski definition) is 0. The van der Waals surface area contributed by atoms with Gasteiger partial charge in [0.1, 0.15) is 0 Å². The number of rotatable bonds is 4. The van der Waals surface area contributed by atoms with Crippen LogP contribution in [0, 0.1) is 0 Å². The van der Waals surface area contributed by atoms with Gasteiger partial charge in [-0.05, 0) is 59.2 Å². The van der Waals surface area contributed by atoms with Gasteiger partial charge in [-0.25, -0.2) is 0 Å². The molecule has 0 aromatic heterocycles. The highest BCUT2D eigenvalue weighted by molar-refractivity contribution is 8.90. The summed E-state index contributed by atoms with van der Waals surface area (Å²) in [5, 5.41) is 1.30. The summed E-state index contributed by atoms with van der Waals surface area (Å²) in [5.74, 6) is 0. The summed E-state index contributed by atoms with van der Waals surface area (Å²) in [6, 6.07) is 14.8. The third-order valence-electron chi connectivity index (χ3n) is 2.13. The van der Waals surface area contributed by atoms with Crippen molar-refractivity contribution in [1.82, 2.24) is 0 Å². The predicted molar refractivity (Wildman–Crippen MR) is 88.1 cm³/mol. The lowest BCUT2D eigenvalue weighted by atomic mass is 10.4. The largest absolute Gasteiger partial charge is 0.300 e. The number of halogens is 2. The first-order valence-electron chi connectivity index (χ1n) is 5.42. The fourth-order valence-electron chi connectivity index (χ4n) is 1.45. The lowest BCUT2D eigenvalue weighted by Crippen LogP contribution is -1.74. The van der Waals surface area contributed by atoms with E-state index in [4.69, 9.17) is 23.2 Å². The second-order valence-corrected chi connectivity index (χ2v) is 13.6. The Balaban J connectivity index is 2.12. The van der Waals surface area contributed by atoms with Gasteiger partial charge < -0.3 is 4.57 Å². The van der Waals surface area contributed by atoms with Crippen LogP contribution in [0.2, 0.25) is 10.0 Å². The lowest BCUT2D eigenvalue weighted by molar-refractivity contribution is 0.596. The van der Waals surface area contributed by atoms with Crippen molar-refractivity contribution in [2.24, 2.45) is 0 Å². The van der Waals surface area contributed by atoms with Gasteiger partial charge in [0, 0.05) is 26.5 Å². The van der Waals surface area contributed by atoms with E-state index in [2.05, 4.69) is 0 Å². The predicted octanol–water partition coefficient (Wildman–Crippen LogP) is 6.70. The molecule has 0 fully saturated rings. The Morgan fingerprint density at radius 3 is 1.68 bits per heavy atom. The van der Waals surface area contributed by atoms with Crippen molar-refractivity contribution in [3.63, 3.8) is 0 Å². The summed E-state index contributed by atoms with van der Waals surface area (Å²) >= 11 is 14.6. The summed E-state index contributed by atoms with van der Waals surface area (Å²) in [6.45, 7) is 1.75. The molecule has 0 aliphatic rings. The highest BCUT2D eigenvalue weighted by atomic mass is 35.5. The highest BCUT2D eigenvalue weighted by Gasteiger charge is 2.19. The minimum Gasteiger partial charge on any atom is -0.300 e. The van der Waals surface area contributed by atoms with Gasteiger partial charge in [0.25, 0.3) is 0 Å². The zero-order valence-electron chi connectivity index (χ0n) is 10.0. The molecule has 0 saturated carbocycles. The Morgan fingerprint density at radius 1 is 0.895 bits per heavy atom. The maximum Gasteiger partial charge on any atom is 0.197 e. The second kappa shape index (κ2) is 6.60. The Labute approximate surface area is 130 Å². The van der Waals surface area contributed by atoms with Crippen molar-refractivity contribution in [2.45, 2.75) is 9.79 Å². The van der Waals surface area contributed by atoms with Gasteiger partial charge in [-0.2, -0.15) is 0 Å². The van der Waals surface area contributed by atoms with Crippen molar-refractivity contribution < 1.29 is 4.57 Å². The van der Waals surface area contributed by atoms with Gasteiger partial charge in [-0.15, -0.1) is 0 Å². The maximum atomic E-state index is 12.6. The summed E-state index contributed by atoms with van der Waals surface area (Å²) in [5.41, 5.74) is -2.46. The topological polar surface area (TPSA) is 17.1 Å². The molecule has 19 heavy (non-hydrogen) atoms. The fraction of sp³-hybridized carbons (Fsp3) is 0.0769. The Bertz CT molecular complexity index is 582. The first-order chi connectivity index (χ1) is 8.94. The van der Waals surface area contributed by atoms with E-state index in [1.807, 2.05) is 36.4 Å². The fourth-order valence-corrected chi connectivity index (χ4v) is 8.38. The molecule has 2 rings (SSSR count). The standard InChI is InChI=1S/C13H11Cl2OPS2/c1-17(16,18-12-6-2-4-10(14)8-12)19-13-7-3-5-11(15)9-13/h2-9H,1H3. The van der Waals surface area contributed by atoms with Gasteiger partial charge in [0.2, 0.25) is 0 Å². The SMILES string of the molecule is CP(=O)(Sc1cccc(Cl)c1)Sc1cccc(Cl)c1. The summed E-state index contributed by atoms with van der Waals surface area (Å²) < 4.78 is 12.6. The molecule has 100 valence electrons. The van der Waals surface area contributed by atoms with E-state index >= 15 is 0 Å². The summed E-state index contributed by atoms with van der Waals surface area (Å²) in [7, 11) is 0. The van der Waals surface area contributed by atoms with Crippen LogP contribution < -0.4 is 0 Å². The van der Waals surface area contributed by atoms with Crippen molar-refractivity contribution in [3.8, 4) is 0 Å². The molecular weight excluding hydrogens is 338 g/mol. The molecule has 6 heteroatoms. The average molecular weight is 349 g/mol. The van der Waals surface area contributed by atoms with Crippen LogP contribution in [0.3, 0.4) is 0 Å². The number of hydrogen-bond acceptors (Lipinski definition) is 3. The molecule has 0 bridgehead atoms. The Morgan fingerprint density at radius 2 is 1.32 bits per heavy atom. The lowest BCUT2D eigenvalue weighted by Gasteiger charge is -2.12. The van der Waals surface area contributed by atoms with Crippen LogP contribution in [-0.4, -0.2) is 6.66 Å². The molecule has 0 unspecified atom stereocenters. The van der Waals surface area contributed by atoms with Crippen LogP contribution in [0.15, 0.2) is 58.3 Å². The van der Waals surface area contributed by atoms with E-state index in [0.29, 0.717) is 10.0 Å². The van der Waals surface area contributed by atoms with Crippen molar-refractivity contribution in [3.05, 3.63) is 58.6 Å². The van der Waals surface area contributed by atoms with Gasteiger partial charge >= 0.3 is 0 Å². The van der Waals surface area contributed by atoms with Crippen LogP contribution in [0.4, 0.5) is 0 Å². The molecule has 2 aromatic carbocycles. The number of benzene rings is 2. The van der Waals surface area contributed by atoms with Gasteiger partial charge in [0.15, 0.2) is 5.55 Å². The van der Waals surface area contributed by atoms with Crippen LogP contribution in [0.25, 0.3) is 0 Å². The van der Waals surface area contributed by atoms with E-state index in [1.54, 1.807) is 18.8 Å². The minimum absolute atomic E-state index is 0.651. The molecule has 2 aromatic rings. The monoisotopic (exact) mass is 348 g/mol. The zero-order valence-corrected chi connectivity index (χ0v) is 14.1. The zero-order chi connectivity index (χ0) is 13.9. The molecule has 0 aliphatic carbocycles. The van der Waals surface area contributed by atoms with Gasteiger partial charge in [-0.3, -0.25) is 0 Å². The molecule has 0 aliphatic heterocycles. The van der Waals surface area contributed by atoms with E-state index in [-0.39, 0.29) is 0 Å². The van der Waals surface area contributed by atoms with Gasteiger partial charge in [-0.1, -0.05) is 35.3 Å². The quantitative estimate of drug-likeness (QED) is 0.572. The molecule has 0 radical (unpaired) electrons. The van der Waals surface area contributed by atoms with Crippen LogP contribution in [-0.2, 0) is 4.57 Å². The van der Waals surface area contributed by atoms with Crippen molar-refractivity contribution in [1.29, 1.82) is 0 Å². The second-order valence-electron chi connectivity index (χ2n) is 3.87. The molecule has 0 atom stereocenters. The average Bonchev–Trinajstić information content (AvgIpc) is 2.27. The van der Waals surface area contributed by atoms with Crippen molar-refractivity contribution in [2.75, 3.05) is 6.66 Å². The molecule has 0 spiro atoms. The minimum atomic E-state index is -2.46.